The van der Waals surface area contributed by atoms with Crippen molar-refractivity contribution < 1.29 is 9.47 Å². The Morgan fingerprint density at radius 2 is 1.80 bits per heavy atom. The molecule has 0 aliphatic heterocycles. The zero-order valence-corrected chi connectivity index (χ0v) is 12.8. The SMILES string of the molecule is COc1ccc(-c2csc(-c3ccsc3)n2)cc1OC. The molecule has 0 saturated carbocycles. The normalized spacial score (nSPS) is 10.5. The molecular weight excluding hydrogens is 290 g/mol. The average molecular weight is 303 g/mol. The highest BCUT2D eigenvalue weighted by Crippen LogP contribution is 2.34. The van der Waals surface area contributed by atoms with Gasteiger partial charge >= 0.3 is 0 Å². The predicted octanol–water partition coefficient (Wildman–Crippen LogP) is 4.56. The van der Waals surface area contributed by atoms with Gasteiger partial charge in [-0.05, 0) is 29.6 Å². The number of benzene rings is 1. The second-order valence-electron chi connectivity index (χ2n) is 4.12. The first kappa shape index (κ1) is 13.1. The van der Waals surface area contributed by atoms with E-state index < -0.39 is 0 Å². The van der Waals surface area contributed by atoms with E-state index >= 15 is 0 Å². The van der Waals surface area contributed by atoms with Crippen molar-refractivity contribution in [3.63, 3.8) is 0 Å². The van der Waals surface area contributed by atoms with Crippen molar-refractivity contribution in [1.29, 1.82) is 0 Å². The lowest BCUT2D eigenvalue weighted by atomic mass is 10.1. The van der Waals surface area contributed by atoms with Gasteiger partial charge in [0.05, 0.1) is 19.9 Å². The minimum Gasteiger partial charge on any atom is -0.493 e. The topological polar surface area (TPSA) is 31.4 Å². The fourth-order valence-corrected chi connectivity index (χ4v) is 3.46. The van der Waals surface area contributed by atoms with Crippen LogP contribution >= 0.6 is 22.7 Å². The first-order chi connectivity index (χ1) is 9.81. The van der Waals surface area contributed by atoms with E-state index in [0.29, 0.717) is 0 Å². The second-order valence-corrected chi connectivity index (χ2v) is 5.76. The quantitative estimate of drug-likeness (QED) is 0.708. The standard InChI is InChI=1S/C15H13NO2S2/c1-17-13-4-3-10(7-14(13)18-2)12-9-20-15(16-12)11-5-6-19-8-11/h3-9H,1-2H3. The Labute approximate surface area is 125 Å². The van der Waals surface area contributed by atoms with E-state index in [1.807, 2.05) is 18.2 Å². The van der Waals surface area contributed by atoms with Crippen LogP contribution in [-0.4, -0.2) is 19.2 Å². The molecule has 2 aromatic heterocycles. The molecular formula is C15H13NO2S2. The van der Waals surface area contributed by atoms with Gasteiger partial charge in [-0.2, -0.15) is 11.3 Å². The number of ether oxygens (including phenoxy) is 2. The number of aromatic nitrogens is 1. The maximum atomic E-state index is 5.33. The second kappa shape index (κ2) is 5.64. The van der Waals surface area contributed by atoms with Gasteiger partial charge in [0.2, 0.25) is 0 Å². The third-order valence-corrected chi connectivity index (χ3v) is 4.53. The molecule has 0 fully saturated rings. The van der Waals surface area contributed by atoms with Gasteiger partial charge in [-0.1, -0.05) is 0 Å². The number of hydrogen-bond acceptors (Lipinski definition) is 5. The van der Waals surface area contributed by atoms with Crippen molar-refractivity contribution in [2.45, 2.75) is 0 Å². The molecule has 0 radical (unpaired) electrons. The fourth-order valence-electron chi connectivity index (χ4n) is 1.92. The highest BCUT2D eigenvalue weighted by Gasteiger charge is 2.10. The third-order valence-electron chi connectivity index (χ3n) is 2.95. The van der Waals surface area contributed by atoms with Crippen LogP contribution in [0.5, 0.6) is 11.5 Å². The molecule has 0 atom stereocenters. The van der Waals surface area contributed by atoms with Crippen LogP contribution in [0.3, 0.4) is 0 Å². The van der Waals surface area contributed by atoms with Crippen molar-refractivity contribution in [3.8, 4) is 33.3 Å². The molecule has 0 spiro atoms. The predicted molar refractivity (Wildman–Crippen MR) is 84.0 cm³/mol. The van der Waals surface area contributed by atoms with Crippen LogP contribution in [0.25, 0.3) is 21.8 Å². The number of thiophene rings is 1. The summed E-state index contributed by atoms with van der Waals surface area (Å²) in [6.07, 6.45) is 0. The molecule has 102 valence electrons. The van der Waals surface area contributed by atoms with Gasteiger partial charge in [-0.25, -0.2) is 4.98 Å². The van der Waals surface area contributed by atoms with Crippen molar-refractivity contribution in [2.75, 3.05) is 14.2 Å². The van der Waals surface area contributed by atoms with Gasteiger partial charge in [0.15, 0.2) is 11.5 Å². The monoisotopic (exact) mass is 303 g/mol. The maximum Gasteiger partial charge on any atom is 0.161 e. The summed E-state index contributed by atoms with van der Waals surface area (Å²) in [5.41, 5.74) is 3.16. The average Bonchev–Trinajstić information content (AvgIpc) is 3.16. The minimum atomic E-state index is 0.718. The largest absolute Gasteiger partial charge is 0.493 e. The van der Waals surface area contributed by atoms with Crippen LogP contribution in [0.4, 0.5) is 0 Å². The Hall–Kier alpha value is -1.85. The van der Waals surface area contributed by atoms with E-state index in [1.165, 1.54) is 5.56 Å². The molecule has 0 amide bonds. The maximum absolute atomic E-state index is 5.33. The van der Waals surface area contributed by atoms with Gasteiger partial charge in [-0.15, -0.1) is 11.3 Å². The number of hydrogen-bond donors (Lipinski definition) is 0. The van der Waals surface area contributed by atoms with Crippen LogP contribution in [0, 0.1) is 0 Å². The number of rotatable bonds is 4. The molecule has 3 aromatic rings. The van der Waals surface area contributed by atoms with Crippen molar-refractivity contribution >= 4 is 22.7 Å². The lowest BCUT2D eigenvalue weighted by Crippen LogP contribution is -1.90. The lowest BCUT2D eigenvalue weighted by Gasteiger charge is -2.08. The Morgan fingerprint density at radius 1 is 0.950 bits per heavy atom. The Bertz CT molecular complexity index is 704. The van der Waals surface area contributed by atoms with Gasteiger partial charge in [0, 0.05) is 21.9 Å². The summed E-state index contributed by atoms with van der Waals surface area (Å²) in [6, 6.07) is 7.93. The summed E-state index contributed by atoms with van der Waals surface area (Å²) < 4.78 is 10.6. The molecule has 0 aliphatic rings. The molecule has 0 saturated heterocycles. The highest BCUT2D eigenvalue weighted by molar-refractivity contribution is 7.14. The van der Waals surface area contributed by atoms with Crippen LogP contribution < -0.4 is 9.47 Å². The summed E-state index contributed by atoms with van der Waals surface area (Å²) >= 11 is 3.33. The zero-order chi connectivity index (χ0) is 13.9. The van der Waals surface area contributed by atoms with Crippen molar-refractivity contribution in [3.05, 3.63) is 40.4 Å². The van der Waals surface area contributed by atoms with Crippen molar-refractivity contribution in [2.24, 2.45) is 0 Å². The van der Waals surface area contributed by atoms with E-state index in [2.05, 4.69) is 27.2 Å². The molecule has 0 unspecified atom stereocenters. The zero-order valence-electron chi connectivity index (χ0n) is 11.1. The first-order valence-electron chi connectivity index (χ1n) is 6.02. The van der Waals surface area contributed by atoms with Gasteiger partial charge in [-0.3, -0.25) is 0 Å². The Kier molecular flexibility index (Phi) is 3.71. The summed E-state index contributed by atoms with van der Waals surface area (Å²) in [6.45, 7) is 0. The van der Waals surface area contributed by atoms with Crippen LogP contribution in [0.1, 0.15) is 0 Å². The van der Waals surface area contributed by atoms with E-state index in [1.54, 1.807) is 36.9 Å². The number of nitrogens with zero attached hydrogens (tertiary/aromatic N) is 1. The van der Waals surface area contributed by atoms with Crippen molar-refractivity contribution in [1.82, 2.24) is 4.98 Å². The molecule has 0 bridgehead atoms. The van der Waals surface area contributed by atoms with E-state index in [9.17, 15) is 0 Å². The van der Waals surface area contributed by atoms with Crippen LogP contribution in [0.15, 0.2) is 40.4 Å². The van der Waals surface area contributed by atoms with E-state index in [-0.39, 0.29) is 0 Å². The van der Waals surface area contributed by atoms with Gasteiger partial charge in [0.1, 0.15) is 5.01 Å². The fraction of sp³-hybridized carbons (Fsp3) is 0.133. The molecule has 2 heterocycles. The van der Waals surface area contributed by atoms with Gasteiger partial charge < -0.3 is 9.47 Å². The Morgan fingerprint density at radius 3 is 2.50 bits per heavy atom. The smallest absolute Gasteiger partial charge is 0.161 e. The summed E-state index contributed by atoms with van der Waals surface area (Å²) in [4.78, 5) is 4.68. The molecule has 3 nitrogen and oxygen atoms in total. The van der Waals surface area contributed by atoms with Gasteiger partial charge in [0.25, 0.3) is 0 Å². The first-order valence-corrected chi connectivity index (χ1v) is 7.84. The molecule has 1 aromatic carbocycles. The lowest BCUT2D eigenvalue weighted by molar-refractivity contribution is 0.355. The summed E-state index contributed by atoms with van der Waals surface area (Å²) in [5, 5.41) is 7.27. The minimum absolute atomic E-state index is 0.718. The number of methoxy groups -OCH3 is 2. The molecule has 3 rings (SSSR count). The van der Waals surface area contributed by atoms with Crippen LogP contribution in [-0.2, 0) is 0 Å². The van der Waals surface area contributed by atoms with E-state index in [4.69, 9.17) is 9.47 Å². The molecule has 0 N–H and O–H groups in total. The molecule has 0 aliphatic carbocycles. The third kappa shape index (κ3) is 2.42. The summed E-state index contributed by atoms with van der Waals surface area (Å²) in [7, 11) is 3.27. The van der Waals surface area contributed by atoms with E-state index in [0.717, 1.165) is 27.8 Å². The molecule has 20 heavy (non-hydrogen) atoms. The summed E-state index contributed by atoms with van der Waals surface area (Å²) in [5.74, 6) is 1.44. The molecule has 5 heteroatoms. The highest BCUT2D eigenvalue weighted by atomic mass is 32.1. The van der Waals surface area contributed by atoms with Crippen LogP contribution in [0.2, 0.25) is 0 Å². The Balaban J connectivity index is 1.97. The number of thiazole rings is 1.